The summed E-state index contributed by atoms with van der Waals surface area (Å²) in [6.07, 6.45) is 2.45. The van der Waals surface area contributed by atoms with Gasteiger partial charge in [-0.2, -0.15) is 0 Å². The van der Waals surface area contributed by atoms with E-state index in [1.54, 1.807) is 0 Å². The highest BCUT2D eigenvalue weighted by molar-refractivity contribution is 9.10. The number of hydrogen-bond donors (Lipinski definition) is 1. The number of nitrogens with zero attached hydrogens (tertiary/aromatic N) is 1. The summed E-state index contributed by atoms with van der Waals surface area (Å²) in [5.41, 5.74) is 0. The maximum absolute atomic E-state index is 5.57. The van der Waals surface area contributed by atoms with E-state index in [9.17, 15) is 0 Å². The summed E-state index contributed by atoms with van der Waals surface area (Å²) in [5.74, 6) is 0.688. The fraction of sp³-hybridized carbons (Fsp3) is 0.500. The van der Waals surface area contributed by atoms with Crippen molar-refractivity contribution < 1.29 is 4.74 Å². The van der Waals surface area contributed by atoms with Gasteiger partial charge in [0.1, 0.15) is 11.2 Å². The van der Waals surface area contributed by atoms with Crippen LogP contribution in [0.3, 0.4) is 0 Å². The van der Waals surface area contributed by atoms with Crippen molar-refractivity contribution in [2.24, 2.45) is 0 Å². The lowest BCUT2D eigenvalue weighted by Gasteiger charge is -2.11. The molecule has 0 radical (unpaired) electrons. The van der Waals surface area contributed by atoms with Crippen molar-refractivity contribution in [1.29, 1.82) is 0 Å². The predicted octanol–water partition coefficient (Wildman–Crippen LogP) is 1.97. The van der Waals surface area contributed by atoms with E-state index in [-0.39, 0.29) is 0 Å². The van der Waals surface area contributed by atoms with Gasteiger partial charge in [0.05, 0.1) is 0 Å². The van der Waals surface area contributed by atoms with E-state index in [4.69, 9.17) is 4.74 Å². The summed E-state index contributed by atoms with van der Waals surface area (Å²) >= 11 is 3.31. The van der Waals surface area contributed by atoms with Gasteiger partial charge < -0.3 is 10.1 Å². The SMILES string of the molecule is Brc1cccc(OC[C@@H]2CCCN2)n1. The van der Waals surface area contributed by atoms with Crippen LogP contribution >= 0.6 is 15.9 Å². The molecule has 1 aromatic heterocycles. The summed E-state index contributed by atoms with van der Waals surface area (Å²) in [4.78, 5) is 4.20. The van der Waals surface area contributed by atoms with Crippen molar-refractivity contribution in [3.8, 4) is 5.88 Å². The molecular weight excluding hydrogens is 244 g/mol. The van der Waals surface area contributed by atoms with Gasteiger partial charge in [-0.25, -0.2) is 4.98 Å². The van der Waals surface area contributed by atoms with Crippen LogP contribution < -0.4 is 10.1 Å². The van der Waals surface area contributed by atoms with E-state index in [0.29, 0.717) is 18.5 Å². The first-order chi connectivity index (χ1) is 6.84. The van der Waals surface area contributed by atoms with E-state index in [1.807, 2.05) is 18.2 Å². The number of halogens is 1. The summed E-state index contributed by atoms with van der Waals surface area (Å²) in [6.45, 7) is 1.82. The van der Waals surface area contributed by atoms with Crippen LogP contribution in [0.25, 0.3) is 0 Å². The van der Waals surface area contributed by atoms with Crippen molar-refractivity contribution in [1.82, 2.24) is 10.3 Å². The quantitative estimate of drug-likeness (QED) is 0.841. The minimum atomic E-state index is 0.496. The monoisotopic (exact) mass is 256 g/mol. The second-order valence-corrected chi connectivity index (χ2v) is 4.22. The molecule has 0 bridgehead atoms. The Morgan fingerprint density at radius 3 is 3.21 bits per heavy atom. The van der Waals surface area contributed by atoms with Crippen molar-refractivity contribution in [3.05, 3.63) is 22.8 Å². The number of ether oxygens (including phenoxy) is 1. The van der Waals surface area contributed by atoms with Crippen LogP contribution in [0.1, 0.15) is 12.8 Å². The molecule has 1 aliphatic heterocycles. The zero-order chi connectivity index (χ0) is 9.80. The Bertz CT molecular complexity index is 300. The summed E-state index contributed by atoms with van der Waals surface area (Å²) in [5, 5.41) is 3.38. The predicted molar refractivity (Wildman–Crippen MR) is 58.5 cm³/mol. The molecule has 1 atom stereocenters. The van der Waals surface area contributed by atoms with Crippen molar-refractivity contribution in [3.63, 3.8) is 0 Å². The van der Waals surface area contributed by atoms with Crippen molar-refractivity contribution >= 4 is 15.9 Å². The van der Waals surface area contributed by atoms with Gasteiger partial charge in [0.15, 0.2) is 0 Å². The van der Waals surface area contributed by atoms with E-state index >= 15 is 0 Å². The highest BCUT2D eigenvalue weighted by atomic mass is 79.9. The Morgan fingerprint density at radius 1 is 1.57 bits per heavy atom. The summed E-state index contributed by atoms with van der Waals surface area (Å²) in [7, 11) is 0. The molecule has 1 saturated heterocycles. The minimum absolute atomic E-state index is 0.496. The van der Waals surface area contributed by atoms with Crippen LogP contribution in [-0.4, -0.2) is 24.2 Å². The Kier molecular flexibility index (Phi) is 3.37. The molecular formula is C10H13BrN2O. The zero-order valence-corrected chi connectivity index (χ0v) is 9.46. The normalized spacial score (nSPS) is 21.1. The maximum atomic E-state index is 5.57. The molecule has 2 heterocycles. The fourth-order valence-electron chi connectivity index (χ4n) is 1.55. The number of hydrogen-bond acceptors (Lipinski definition) is 3. The minimum Gasteiger partial charge on any atom is -0.476 e. The molecule has 0 aliphatic carbocycles. The Morgan fingerprint density at radius 2 is 2.50 bits per heavy atom. The Labute approximate surface area is 92.0 Å². The second-order valence-electron chi connectivity index (χ2n) is 3.40. The van der Waals surface area contributed by atoms with Crippen LogP contribution in [-0.2, 0) is 0 Å². The second kappa shape index (κ2) is 4.75. The van der Waals surface area contributed by atoms with Crippen LogP contribution in [0.15, 0.2) is 22.8 Å². The van der Waals surface area contributed by atoms with Crippen LogP contribution in [0, 0.1) is 0 Å². The molecule has 1 fully saturated rings. The van der Waals surface area contributed by atoms with Gasteiger partial charge >= 0.3 is 0 Å². The largest absolute Gasteiger partial charge is 0.476 e. The molecule has 0 saturated carbocycles. The molecule has 0 unspecified atom stereocenters. The van der Waals surface area contributed by atoms with Gasteiger partial charge in [0, 0.05) is 12.1 Å². The number of pyridine rings is 1. The molecule has 4 heteroatoms. The Hall–Kier alpha value is -0.610. The topological polar surface area (TPSA) is 34.1 Å². The highest BCUT2D eigenvalue weighted by Crippen LogP contribution is 2.13. The number of nitrogens with one attached hydrogen (secondary N) is 1. The Balaban J connectivity index is 1.85. The molecule has 0 aromatic carbocycles. The molecule has 0 amide bonds. The lowest BCUT2D eigenvalue weighted by Crippen LogP contribution is -2.28. The fourth-order valence-corrected chi connectivity index (χ4v) is 1.88. The lowest BCUT2D eigenvalue weighted by atomic mass is 10.2. The van der Waals surface area contributed by atoms with Crippen LogP contribution in [0.5, 0.6) is 5.88 Å². The summed E-state index contributed by atoms with van der Waals surface area (Å²) < 4.78 is 6.38. The van der Waals surface area contributed by atoms with Gasteiger partial charge in [-0.1, -0.05) is 6.07 Å². The first-order valence-corrected chi connectivity index (χ1v) is 5.62. The molecule has 3 nitrogen and oxygen atoms in total. The van der Waals surface area contributed by atoms with E-state index in [2.05, 4.69) is 26.2 Å². The van der Waals surface area contributed by atoms with E-state index in [0.717, 1.165) is 11.1 Å². The average Bonchev–Trinajstić information content (AvgIpc) is 2.67. The smallest absolute Gasteiger partial charge is 0.214 e. The average molecular weight is 257 g/mol. The lowest BCUT2D eigenvalue weighted by molar-refractivity contribution is 0.267. The number of aromatic nitrogens is 1. The highest BCUT2D eigenvalue weighted by Gasteiger charge is 2.14. The van der Waals surface area contributed by atoms with Gasteiger partial charge in [0.25, 0.3) is 0 Å². The zero-order valence-electron chi connectivity index (χ0n) is 7.87. The van der Waals surface area contributed by atoms with Gasteiger partial charge in [-0.3, -0.25) is 0 Å². The molecule has 1 N–H and O–H groups in total. The standard InChI is InChI=1S/C10H13BrN2O/c11-9-4-1-5-10(13-9)14-7-8-3-2-6-12-8/h1,4-5,8,12H,2-3,6-7H2/t8-/m0/s1. The number of rotatable bonds is 3. The van der Waals surface area contributed by atoms with Crippen molar-refractivity contribution in [2.75, 3.05) is 13.2 Å². The molecule has 0 spiro atoms. The summed E-state index contributed by atoms with van der Waals surface area (Å²) in [6, 6.07) is 6.19. The van der Waals surface area contributed by atoms with E-state index in [1.165, 1.54) is 12.8 Å². The molecule has 2 rings (SSSR count). The first-order valence-electron chi connectivity index (χ1n) is 4.83. The van der Waals surface area contributed by atoms with Gasteiger partial charge in [0.2, 0.25) is 5.88 Å². The van der Waals surface area contributed by atoms with Crippen LogP contribution in [0.2, 0.25) is 0 Å². The van der Waals surface area contributed by atoms with Gasteiger partial charge in [-0.05, 0) is 41.4 Å². The molecule has 1 aliphatic rings. The third-order valence-electron chi connectivity index (χ3n) is 2.28. The van der Waals surface area contributed by atoms with Gasteiger partial charge in [-0.15, -0.1) is 0 Å². The molecule has 14 heavy (non-hydrogen) atoms. The third kappa shape index (κ3) is 2.69. The van der Waals surface area contributed by atoms with E-state index < -0.39 is 0 Å². The third-order valence-corrected chi connectivity index (χ3v) is 2.73. The first kappa shape index (κ1) is 9.93. The molecule has 76 valence electrons. The molecule has 1 aromatic rings. The maximum Gasteiger partial charge on any atom is 0.214 e. The van der Waals surface area contributed by atoms with Crippen molar-refractivity contribution in [2.45, 2.75) is 18.9 Å². The van der Waals surface area contributed by atoms with Crippen LogP contribution in [0.4, 0.5) is 0 Å².